The van der Waals surface area contributed by atoms with Crippen molar-refractivity contribution in [2.24, 2.45) is 0 Å². The summed E-state index contributed by atoms with van der Waals surface area (Å²) in [4.78, 5) is 20.2. The number of rotatable bonds is 6. The third kappa shape index (κ3) is 3.76. The van der Waals surface area contributed by atoms with Crippen molar-refractivity contribution in [3.05, 3.63) is 59.9 Å². The predicted octanol–water partition coefficient (Wildman–Crippen LogP) is 2.35. The highest BCUT2D eigenvalue weighted by molar-refractivity contribution is 7.89. The van der Waals surface area contributed by atoms with Crippen molar-refractivity contribution in [2.75, 3.05) is 6.54 Å². The second-order valence-electron chi connectivity index (χ2n) is 5.86. The largest absolute Gasteiger partial charge is 0.342 e. The van der Waals surface area contributed by atoms with E-state index in [1.165, 1.54) is 12.1 Å². The Kier molecular flexibility index (Phi) is 5.06. The van der Waals surface area contributed by atoms with Crippen LogP contribution in [0.1, 0.15) is 36.1 Å². The maximum absolute atomic E-state index is 12.5. The first kappa shape index (κ1) is 18.1. The molecule has 1 aromatic heterocycles. The minimum Gasteiger partial charge on any atom is -0.342 e. The zero-order chi connectivity index (χ0) is 18.7. The van der Waals surface area contributed by atoms with Crippen LogP contribution in [0.2, 0.25) is 0 Å². The van der Waals surface area contributed by atoms with Crippen molar-refractivity contribution >= 4 is 27.0 Å². The fraction of sp³-hybridized carbons (Fsp3) is 0.222. The standard InChI is InChI=1S/C18H20N4O3S/c1-3-19-26(24,25)14-8-6-7-13(11-14)18(23)20-12(2)17-21-15-9-4-5-10-16(15)22-17/h4-12,19H,3H2,1-2H3,(H,20,23)(H,21,22). The van der Waals surface area contributed by atoms with Crippen molar-refractivity contribution in [1.82, 2.24) is 20.0 Å². The molecule has 7 nitrogen and oxygen atoms in total. The average Bonchev–Trinajstić information content (AvgIpc) is 3.06. The summed E-state index contributed by atoms with van der Waals surface area (Å²) in [6, 6.07) is 13.2. The second-order valence-corrected chi connectivity index (χ2v) is 7.63. The number of aromatic nitrogens is 2. The van der Waals surface area contributed by atoms with E-state index in [-0.39, 0.29) is 29.0 Å². The molecule has 0 saturated carbocycles. The van der Waals surface area contributed by atoms with Gasteiger partial charge in [0, 0.05) is 12.1 Å². The van der Waals surface area contributed by atoms with Crippen molar-refractivity contribution in [1.29, 1.82) is 0 Å². The molecule has 0 aliphatic rings. The van der Waals surface area contributed by atoms with Crippen LogP contribution in [0.4, 0.5) is 0 Å². The van der Waals surface area contributed by atoms with E-state index < -0.39 is 10.0 Å². The molecule has 0 saturated heterocycles. The van der Waals surface area contributed by atoms with Gasteiger partial charge >= 0.3 is 0 Å². The molecule has 1 atom stereocenters. The van der Waals surface area contributed by atoms with Crippen molar-refractivity contribution < 1.29 is 13.2 Å². The second kappa shape index (κ2) is 7.27. The highest BCUT2D eigenvalue weighted by Crippen LogP contribution is 2.17. The first-order chi connectivity index (χ1) is 12.4. The van der Waals surface area contributed by atoms with Gasteiger partial charge in [0.1, 0.15) is 5.82 Å². The zero-order valence-corrected chi connectivity index (χ0v) is 15.3. The number of para-hydroxylation sites is 2. The number of sulfonamides is 1. The molecule has 1 heterocycles. The molecule has 0 fully saturated rings. The number of aromatic amines is 1. The molecule has 0 radical (unpaired) electrons. The molecule has 0 aliphatic heterocycles. The summed E-state index contributed by atoms with van der Waals surface area (Å²) in [5.74, 6) is 0.266. The van der Waals surface area contributed by atoms with Gasteiger partial charge in [-0.1, -0.05) is 25.1 Å². The van der Waals surface area contributed by atoms with Gasteiger partial charge in [0.2, 0.25) is 10.0 Å². The fourth-order valence-electron chi connectivity index (χ4n) is 2.60. The summed E-state index contributed by atoms with van der Waals surface area (Å²) in [5, 5.41) is 2.84. The quantitative estimate of drug-likeness (QED) is 0.618. The van der Waals surface area contributed by atoms with E-state index >= 15 is 0 Å². The molecular weight excluding hydrogens is 352 g/mol. The maximum atomic E-state index is 12.5. The van der Waals surface area contributed by atoms with Crippen LogP contribution in [0.15, 0.2) is 53.4 Å². The van der Waals surface area contributed by atoms with E-state index in [1.54, 1.807) is 19.1 Å². The van der Waals surface area contributed by atoms with Crippen LogP contribution in [0.5, 0.6) is 0 Å². The van der Waals surface area contributed by atoms with E-state index in [4.69, 9.17) is 0 Å². The summed E-state index contributed by atoms with van der Waals surface area (Å²) in [7, 11) is -3.61. The van der Waals surface area contributed by atoms with Crippen molar-refractivity contribution in [3.63, 3.8) is 0 Å². The molecule has 3 rings (SSSR count). The minimum atomic E-state index is -3.61. The van der Waals surface area contributed by atoms with Crippen molar-refractivity contribution in [3.8, 4) is 0 Å². The lowest BCUT2D eigenvalue weighted by Crippen LogP contribution is -2.28. The molecular formula is C18H20N4O3S. The Morgan fingerprint density at radius 3 is 2.69 bits per heavy atom. The first-order valence-electron chi connectivity index (χ1n) is 8.26. The Labute approximate surface area is 151 Å². The van der Waals surface area contributed by atoms with E-state index in [2.05, 4.69) is 20.0 Å². The van der Waals surface area contributed by atoms with Crippen LogP contribution < -0.4 is 10.0 Å². The van der Waals surface area contributed by atoms with Crippen LogP contribution in [-0.2, 0) is 10.0 Å². The monoisotopic (exact) mass is 372 g/mol. The number of nitrogens with one attached hydrogen (secondary N) is 3. The highest BCUT2D eigenvalue weighted by Gasteiger charge is 2.18. The molecule has 0 bridgehead atoms. The van der Waals surface area contributed by atoms with E-state index in [0.29, 0.717) is 5.82 Å². The van der Waals surface area contributed by atoms with Gasteiger partial charge in [0.05, 0.1) is 22.0 Å². The summed E-state index contributed by atoms with van der Waals surface area (Å²) in [6.07, 6.45) is 0. The highest BCUT2D eigenvalue weighted by atomic mass is 32.2. The number of imidazole rings is 1. The van der Waals surface area contributed by atoms with Crippen LogP contribution in [-0.4, -0.2) is 30.8 Å². The van der Waals surface area contributed by atoms with Crippen LogP contribution in [0, 0.1) is 0 Å². The van der Waals surface area contributed by atoms with Crippen LogP contribution in [0.3, 0.4) is 0 Å². The molecule has 3 aromatic rings. The normalized spacial score (nSPS) is 12.8. The number of nitrogens with zero attached hydrogens (tertiary/aromatic N) is 1. The Balaban J connectivity index is 1.79. The van der Waals surface area contributed by atoms with Gasteiger partial charge in [0.15, 0.2) is 0 Å². The minimum absolute atomic E-state index is 0.0587. The number of carbonyl (C=O) groups excluding carboxylic acids is 1. The number of hydrogen-bond acceptors (Lipinski definition) is 4. The Morgan fingerprint density at radius 1 is 1.19 bits per heavy atom. The maximum Gasteiger partial charge on any atom is 0.251 e. The van der Waals surface area contributed by atoms with Crippen LogP contribution in [0.25, 0.3) is 11.0 Å². The number of amides is 1. The number of carbonyl (C=O) groups is 1. The number of fused-ring (bicyclic) bond motifs is 1. The Hall–Kier alpha value is -2.71. The summed E-state index contributed by atoms with van der Waals surface area (Å²) in [5.41, 5.74) is 1.98. The molecule has 1 amide bonds. The summed E-state index contributed by atoms with van der Waals surface area (Å²) < 4.78 is 26.6. The lowest BCUT2D eigenvalue weighted by Gasteiger charge is -2.12. The van der Waals surface area contributed by atoms with E-state index in [1.807, 2.05) is 31.2 Å². The molecule has 26 heavy (non-hydrogen) atoms. The van der Waals surface area contributed by atoms with Gasteiger partial charge in [-0.15, -0.1) is 0 Å². The average molecular weight is 372 g/mol. The molecule has 8 heteroatoms. The zero-order valence-electron chi connectivity index (χ0n) is 14.5. The first-order valence-corrected chi connectivity index (χ1v) is 9.74. The van der Waals surface area contributed by atoms with Gasteiger partial charge in [-0.2, -0.15) is 0 Å². The van der Waals surface area contributed by atoms with Gasteiger partial charge in [-0.25, -0.2) is 18.1 Å². The third-order valence-corrected chi connectivity index (χ3v) is 5.45. The Morgan fingerprint density at radius 2 is 1.96 bits per heavy atom. The molecule has 0 spiro atoms. The lowest BCUT2D eigenvalue weighted by atomic mass is 10.2. The van der Waals surface area contributed by atoms with Crippen LogP contribution >= 0.6 is 0 Å². The number of H-pyrrole nitrogens is 1. The summed E-state index contributed by atoms with van der Waals surface area (Å²) >= 11 is 0. The third-order valence-electron chi connectivity index (χ3n) is 3.91. The summed E-state index contributed by atoms with van der Waals surface area (Å²) in [6.45, 7) is 3.79. The SMILES string of the molecule is CCNS(=O)(=O)c1cccc(C(=O)NC(C)c2nc3ccccc3[nH]2)c1. The van der Waals surface area contributed by atoms with Gasteiger partial charge in [0.25, 0.3) is 5.91 Å². The molecule has 2 aromatic carbocycles. The molecule has 3 N–H and O–H groups in total. The number of hydrogen-bond donors (Lipinski definition) is 3. The van der Waals surface area contributed by atoms with Gasteiger partial charge in [-0.3, -0.25) is 4.79 Å². The molecule has 1 unspecified atom stereocenters. The molecule has 136 valence electrons. The van der Waals surface area contributed by atoms with Gasteiger partial charge < -0.3 is 10.3 Å². The van der Waals surface area contributed by atoms with Crippen molar-refractivity contribution in [2.45, 2.75) is 24.8 Å². The topological polar surface area (TPSA) is 104 Å². The predicted molar refractivity (Wildman–Crippen MR) is 99.3 cm³/mol. The smallest absolute Gasteiger partial charge is 0.251 e. The van der Waals surface area contributed by atoms with E-state index in [9.17, 15) is 13.2 Å². The van der Waals surface area contributed by atoms with E-state index in [0.717, 1.165) is 11.0 Å². The lowest BCUT2D eigenvalue weighted by molar-refractivity contribution is 0.0938. The Bertz CT molecular complexity index is 1010. The molecule has 0 aliphatic carbocycles. The fourth-order valence-corrected chi connectivity index (χ4v) is 3.69. The number of benzene rings is 2. The van der Waals surface area contributed by atoms with Gasteiger partial charge in [-0.05, 0) is 37.3 Å².